The zero-order chi connectivity index (χ0) is 12.3. The minimum absolute atomic E-state index is 0.596. The number of hydrogen-bond donors (Lipinski definition) is 0. The third-order valence-electron chi connectivity index (χ3n) is 2.18. The van der Waals surface area contributed by atoms with Crippen LogP contribution in [0.15, 0.2) is 34.6 Å². The lowest BCUT2D eigenvalue weighted by Gasteiger charge is -2.05. The lowest BCUT2D eigenvalue weighted by molar-refractivity contribution is 0.413. The molecule has 0 aliphatic heterocycles. The molecule has 0 amide bonds. The van der Waals surface area contributed by atoms with Crippen LogP contribution in [-0.2, 0) is 7.05 Å². The number of hydrogen-bond acceptors (Lipinski definition) is 5. The van der Waals surface area contributed by atoms with E-state index in [1.807, 2.05) is 13.1 Å². The molecule has 2 rings (SSSR count). The Morgan fingerprint density at radius 1 is 1.47 bits per heavy atom. The maximum Gasteiger partial charge on any atom is 0.195 e. The number of rotatable bonds is 3. The molecular formula is C11H10N4OS. The quantitative estimate of drug-likeness (QED) is 0.827. The summed E-state index contributed by atoms with van der Waals surface area (Å²) < 4.78 is 6.94. The molecule has 5 nitrogen and oxygen atoms in total. The lowest BCUT2D eigenvalue weighted by atomic mass is 10.2. The Labute approximate surface area is 103 Å². The SMILES string of the molecule is COc1ccc(C#N)c(Sc2nncn2C)c1. The second-order valence-corrected chi connectivity index (χ2v) is 4.31. The van der Waals surface area contributed by atoms with Crippen LogP contribution in [0.1, 0.15) is 5.56 Å². The highest BCUT2D eigenvalue weighted by Gasteiger charge is 2.09. The third kappa shape index (κ3) is 2.40. The fourth-order valence-electron chi connectivity index (χ4n) is 1.27. The van der Waals surface area contributed by atoms with Gasteiger partial charge >= 0.3 is 0 Å². The van der Waals surface area contributed by atoms with E-state index in [4.69, 9.17) is 10.00 Å². The van der Waals surface area contributed by atoms with Gasteiger partial charge in [0.2, 0.25) is 0 Å². The third-order valence-corrected chi connectivity index (χ3v) is 3.29. The van der Waals surface area contributed by atoms with Crippen LogP contribution in [0, 0.1) is 11.3 Å². The molecule has 0 atom stereocenters. The molecule has 0 spiro atoms. The summed E-state index contributed by atoms with van der Waals surface area (Å²) >= 11 is 1.39. The van der Waals surface area contributed by atoms with Crippen molar-refractivity contribution in [2.75, 3.05) is 7.11 Å². The Balaban J connectivity index is 2.37. The standard InChI is InChI=1S/C11H10N4OS/c1-15-7-13-14-11(15)17-10-5-9(16-2)4-3-8(10)6-12/h3-5,7H,1-2H3. The average molecular weight is 246 g/mol. The van der Waals surface area contributed by atoms with Crippen molar-refractivity contribution < 1.29 is 4.74 Å². The van der Waals surface area contributed by atoms with Gasteiger partial charge in [-0.25, -0.2) is 0 Å². The topological polar surface area (TPSA) is 63.7 Å². The number of methoxy groups -OCH3 is 1. The molecule has 2 aromatic rings. The van der Waals surface area contributed by atoms with Gasteiger partial charge in [0.05, 0.1) is 12.7 Å². The zero-order valence-corrected chi connectivity index (χ0v) is 10.2. The predicted octanol–water partition coefficient (Wildman–Crippen LogP) is 1.85. The van der Waals surface area contributed by atoms with Crippen LogP contribution in [0.2, 0.25) is 0 Å². The van der Waals surface area contributed by atoms with Crippen molar-refractivity contribution in [2.24, 2.45) is 7.05 Å². The molecule has 0 radical (unpaired) electrons. The Hall–Kier alpha value is -2.00. The van der Waals surface area contributed by atoms with Gasteiger partial charge in [-0.3, -0.25) is 0 Å². The minimum atomic E-state index is 0.596. The minimum Gasteiger partial charge on any atom is -0.497 e. The van der Waals surface area contributed by atoms with Crippen molar-refractivity contribution in [1.29, 1.82) is 5.26 Å². The van der Waals surface area contributed by atoms with Gasteiger partial charge in [0, 0.05) is 11.9 Å². The van der Waals surface area contributed by atoms with Gasteiger partial charge < -0.3 is 9.30 Å². The summed E-state index contributed by atoms with van der Waals surface area (Å²) in [5.74, 6) is 0.716. The molecule has 17 heavy (non-hydrogen) atoms. The van der Waals surface area contributed by atoms with Crippen LogP contribution in [0.5, 0.6) is 5.75 Å². The van der Waals surface area contributed by atoms with Gasteiger partial charge in [-0.15, -0.1) is 10.2 Å². The van der Waals surface area contributed by atoms with Gasteiger partial charge in [-0.2, -0.15) is 5.26 Å². The summed E-state index contributed by atoms with van der Waals surface area (Å²) in [6.07, 6.45) is 1.62. The van der Waals surface area contributed by atoms with Crippen LogP contribution in [0.3, 0.4) is 0 Å². The fraction of sp³-hybridized carbons (Fsp3) is 0.182. The molecule has 1 heterocycles. The van der Waals surface area contributed by atoms with E-state index >= 15 is 0 Å². The first-order valence-electron chi connectivity index (χ1n) is 4.84. The molecule has 86 valence electrons. The maximum atomic E-state index is 9.03. The molecule has 1 aromatic heterocycles. The molecule has 0 N–H and O–H groups in total. The largest absolute Gasteiger partial charge is 0.497 e. The summed E-state index contributed by atoms with van der Waals surface area (Å²) in [5, 5.41) is 17.5. The molecule has 0 aliphatic rings. The number of nitriles is 1. The molecule has 0 unspecified atom stereocenters. The Morgan fingerprint density at radius 3 is 2.88 bits per heavy atom. The molecule has 0 saturated carbocycles. The summed E-state index contributed by atoms with van der Waals surface area (Å²) in [6, 6.07) is 7.46. The van der Waals surface area contributed by atoms with Gasteiger partial charge in [0.15, 0.2) is 5.16 Å². The van der Waals surface area contributed by atoms with Crippen LogP contribution in [-0.4, -0.2) is 21.9 Å². The van der Waals surface area contributed by atoms with Gasteiger partial charge in [0.1, 0.15) is 18.1 Å². The zero-order valence-electron chi connectivity index (χ0n) is 9.41. The highest BCUT2D eigenvalue weighted by Crippen LogP contribution is 2.31. The first-order valence-corrected chi connectivity index (χ1v) is 5.66. The van der Waals surface area contributed by atoms with Crippen molar-refractivity contribution in [2.45, 2.75) is 10.1 Å². The summed E-state index contributed by atoms with van der Waals surface area (Å²) in [7, 11) is 3.45. The second-order valence-electron chi connectivity index (χ2n) is 3.30. The van der Waals surface area contributed by atoms with Crippen LogP contribution >= 0.6 is 11.8 Å². The van der Waals surface area contributed by atoms with Crippen LogP contribution in [0.25, 0.3) is 0 Å². The summed E-state index contributed by atoms with van der Waals surface area (Å²) in [4.78, 5) is 0.808. The van der Waals surface area contributed by atoms with Gasteiger partial charge in [-0.1, -0.05) is 0 Å². The molecule has 6 heteroatoms. The number of aryl methyl sites for hydroxylation is 1. The van der Waals surface area contributed by atoms with Crippen molar-refractivity contribution in [3.8, 4) is 11.8 Å². The van der Waals surface area contributed by atoms with E-state index in [1.54, 1.807) is 30.1 Å². The maximum absolute atomic E-state index is 9.03. The van der Waals surface area contributed by atoms with E-state index in [-0.39, 0.29) is 0 Å². The Morgan fingerprint density at radius 2 is 2.29 bits per heavy atom. The van der Waals surface area contributed by atoms with Crippen molar-refractivity contribution >= 4 is 11.8 Å². The van der Waals surface area contributed by atoms with E-state index in [0.717, 1.165) is 10.1 Å². The molecule has 0 aliphatic carbocycles. The molecule has 0 fully saturated rings. The van der Waals surface area contributed by atoms with E-state index in [1.165, 1.54) is 11.8 Å². The highest BCUT2D eigenvalue weighted by atomic mass is 32.2. The second kappa shape index (κ2) is 4.89. The first kappa shape index (κ1) is 11.5. The van der Waals surface area contributed by atoms with Crippen molar-refractivity contribution in [1.82, 2.24) is 14.8 Å². The van der Waals surface area contributed by atoms with Crippen LogP contribution in [0.4, 0.5) is 0 Å². The molecule has 1 aromatic carbocycles. The molecular weight excluding hydrogens is 236 g/mol. The van der Waals surface area contributed by atoms with E-state index < -0.39 is 0 Å². The van der Waals surface area contributed by atoms with Gasteiger partial charge in [-0.05, 0) is 30.0 Å². The summed E-state index contributed by atoms with van der Waals surface area (Å²) in [5.41, 5.74) is 0.596. The Kier molecular flexibility index (Phi) is 3.30. The number of ether oxygens (including phenoxy) is 1. The average Bonchev–Trinajstić information content (AvgIpc) is 2.75. The first-order chi connectivity index (χ1) is 8.24. The van der Waals surface area contributed by atoms with E-state index in [2.05, 4.69) is 16.3 Å². The van der Waals surface area contributed by atoms with E-state index in [0.29, 0.717) is 11.3 Å². The number of nitrogens with zero attached hydrogens (tertiary/aromatic N) is 4. The lowest BCUT2D eigenvalue weighted by Crippen LogP contribution is -1.91. The molecule has 0 saturated heterocycles. The predicted molar refractivity (Wildman–Crippen MR) is 62.8 cm³/mol. The number of aromatic nitrogens is 3. The monoisotopic (exact) mass is 246 g/mol. The van der Waals surface area contributed by atoms with Crippen molar-refractivity contribution in [3.63, 3.8) is 0 Å². The molecule has 0 bridgehead atoms. The Bertz CT molecular complexity index is 573. The normalized spacial score (nSPS) is 9.94. The summed E-state index contributed by atoms with van der Waals surface area (Å²) in [6.45, 7) is 0. The van der Waals surface area contributed by atoms with Gasteiger partial charge in [0.25, 0.3) is 0 Å². The number of benzene rings is 1. The fourth-order valence-corrected chi connectivity index (χ4v) is 2.14. The van der Waals surface area contributed by atoms with Crippen LogP contribution < -0.4 is 4.74 Å². The highest BCUT2D eigenvalue weighted by molar-refractivity contribution is 7.99. The van der Waals surface area contributed by atoms with Crippen molar-refractivity contribution in [3.05, 3.63) is 30.1 Å². The smallest absolute Gasteiger partial charge is 0.195 e. The van der Waals surface area contributed by atoms with E-state index in [9.17, 15) is 0 Å².